The first-order valence-electron chi connectivity index (χ1n) is 14.2. The van der Waals surface area contributed by atoms with Crippen molar-refractivity contribution in [3.05, 3.63) is 101 Å². The van der Waals surface area contributed by atoms with Crippen molar-refractivity contribution >= 4 is 27.5 Å². The number of rotatable bonds is 12. The van der Waals surface area contributed by atoms with Crippen LogP contribution in [0.15, 0.2) is 78.9 Å². The van der Waals surface area contributed by atoms with E-state index in [1.807, 2.05) is 56.3 Å². The minimum atomic E-state index is -3.87. The Balaban J connectivity index is 2.05. The highest BCUT2D eigenvalue weighted by molar-refractivity contribution is 7.92. The van der Waals surface area contributed by atoms with E-state index in [-0.39, 0.29) is 30.3 Å². The Hall–Kier alpha value is -3.72. The summed E-state index contributed by atoms with van der Waals surface area (Å²) in [6.07, 6.45) is 1.97. The molecule has 3 rings (SSSR count). The Morgan fingerprint density at radius 3 is 2.02 bits per heavy atom. The highest BCUT2D eigenvalue weighted by atomic mass is 32.2. The van der Waals surface area contributed by atoms with Crippen LogP contribution in [0.2, 0.25) is 0 Å². The van der Waals surface area contributed by atoms with E-state index in [4.69, 9.17) is 0 Å². The molecule has 0 radical (unpaired) electrons. The van der Waals surface area contributed by atoms with Gasteiger partial charge in [-0.1, -0.05) is 82.3 Å². The number of benzene rings is 3. The average molecular weight is 596 g/mol. The zero-order valence-electron chi connectivity index (χ0n) is 25.3. The molecule has 7 nitrogen and oxygen atoms in total. The van der Waals surface area contributed by atoms with Gasteiger partial charge in [-0.2, -0.15) is 0 Å². The Morgan fingerprint density at radius 2 is 1.50 bits per heavy atom. The number of carbonyl (C=O) groups is 2. The second-order valence-corrected chi connectivity index (χ2v) is 13.6. The number of hydrogen-bond donors (Lipinski definition) is 1. The smallest absolute Gasteiger partial charge is 0.244 e. The molecule has 0 spiro atoms. The quantitative estimate of drug-likeness (QED) is 0.302. The molecule has 0 aromatic heterocycles. The molecule has 0 saturated heterocycles. The lowest BCUT2D eigenvalue weighted by Gasteiger charge is -2.34. The summed E-state index contributed by atoms with van der Waals surface area (Å²) in [6, 6.07) is 21.1. The number of amides is 2. The summed E-state index contributed by atoms with van der Waals surface area (Å²) < 4.78 is 40.7. The van der Waals surface area contributed by atoms with Crippen LogP contribution in [0.3, 0.4) is 0 Å². The van der Waals surface area contributed by atoms with Gasteiger partial charge >= 0.3 is 0 Å². The molecule has 9 heteroatoms. The van der Waals surface area contributed by atoms with E-state index in [0.717, 1.165) is 21.7 Å². The van der Waals surface area contributed by atoms with Crippen LogP contribution >= 0.6 is 0 Å². The number of hydrogen-bond acceptors (Lipinski definition) is 4. The largest absolute Gasteiger partial charge is 0.352 e. The van der Waals surface area contributed by atoms with E-state index in [1.165, 1.54) is 17.0 Å². The summed E-state index contributed by atoms with van der Waals surface area (Å²) in [5.74, 6) is -1.32. The molecule has 0 aliphatic heterocycles. The Morgan fingerprint density at radius 1 is 0.905 bits per heavy atom. The summed E-state index contributed by atoms with van der Waals surface area (Å²) >= 11 is 0. The Bertz CT molecular complexity index is 1440. The molecule has 0 aliphatic carbocycles. The summed E-state index contributed by atoms with van der Waals surface area (Å²) in [4.78, 5) is 29.2. The van der Waals surface area contributed by atoms with E-state index in [9.17, 15) is 22.4 Å². The molecule has 0 heterocycles. The topological polar surface area (TPSA) is 86.8 Å². The van der Waals surface area contributed by atoms with Gasteiger partial charge in [-0.15, -0.1) is 0 Å². The minimum Gasteiger partial charge on any atom is -0.352 e. The highest BCUT2D eigenvalue weighted by Crippen LogP contribution is 2.26. The lowest BCUT2D eigenvalue weighted by atomic mass is 9.87. The number of nitrogens with zero attached hydrogens (tertiary/aromatic N) is 2. The van der Waals surface area contributed by atoms with Gasteiger partial charge in [-0.25, -0.2) is 12.8 Å². The van der Waals surface area contributed by atoms with Crippen LogP contribution in [0.25, 0.3) is 0 Å². The third-order valence-electron chi connectivity index (χ3n) is 7.24. The second kappa shape index (κ2) is 14.0. The maximum absolute atomic E-state index is 14.1. The van der Waals surface area contributed by atoms with Crippen LogP contribution in [-0.2, 0) is 38.0 Å². The third kappa shape index (κ3) is 9.14. The Labute approximate surface area is 249 Å². The van der Waals surface area contributed by atoms with Crippen LogP contribution in [0.4, 0.5) is 10.1 Å². The first-order chi connectivity index (χ1) is 19.7. The fraction of sp³-hybridized carbons (Fsp3) is 0.394. The minimum absolute atomic E-state index is 0.00883. The lowest BCUT2D eigenvalue weighted by Crippen LogP contribution is -2.54. The van der Waals surface area contributed by atoms with Gasteiger partial charge in [0.2, 0.25) is 21.8 Å². The average Bonchev–Trinajstić information content (AvgIpc) is 2.94. The van der Waals surface area contributed by atoms with Gasteiger partial charge < -0.3 is 10.2 Å². The zero-order chi connectivity index (χ0) is 31.1. The van der Waals surface area contributed by atoms with Gasteiger partial charge in [0, 0.05) is 19.0 Å². The number of anilines is 1. The van der Waals surface area contributed by atoms with Crippen molar-refractivity contribution in [2.45, 2.75) is 71.5 Å². The predicted octanol–water partition coefficient (Wildman–Crippen LogP) is 5.44. The molecule has 2 amide bonds. The summed E-state index contributed by atoms with van der Waals surface area (Å²) in [5, 5.41) is 2.99. The second-order valence-electron chi connectivity index (χ2n) is 11.7. The van der Waals surface area contributed by atoms with Gasteiger partial charge in [-0.05, 0) is 59.7 Å². The van der Waals surface area contributed by atoms with Crippen molar-refractivity contribution in [3.63, 3.8) is 0 Å². The fourth-order valence-electron chi connectivity index (χ4n) is 4.52. The van der Waals surface area contributed by atoms with Crippen molar-refractivity contribution < 1.29 is 22.4 Å². The molecule has 1 N–H and O–H groups in total. The van der Waals surface area contributed by atoms with E-state index in [0.29, 0.717) is 17.7 Å². The van der Waals surface area contributed by atoms with Crippen molar-refractivity contribution in [3.8, 4) is 0 Å². The van der Waals surface area contributed by atoms with Crippen molar-refractivity contribution in [2.24, 2.45) is 0 Å². The molecule has 0 unspecified atom stereocenters. The first kappa shape index (κ1) is 32.8. The fourth-order valence-corrected chi connectivity index (χ4v) is 5.37. The Kier molecular flexibility index (Phi) is 10.9. The molecule has 226 valence electrons. The molecule has 3 aromatic carbocycles. The maximum atomic E-state index is 14.1. The first-order valence-corrected chi connectivity index (χ1v) is 16.0. The molecule has 2 atom stereocenters. The van der Waals surface area contributed by atoms with Gasteiger partial charge in [-0.3, -0.25) is 13.9 Å². The van der Waals surface area contributed by atoms with Gasteiger partial charge in [0.25, 0.3) is 0 Å². The SMILES string of the molecule is CC[C@@H](C)NC(=O)[C@@H](Cc1ccccc1)N(Cc1ccc(F)cc1)C(=O)CN(c1ccc(C(C)(C)C)cc1)S(C)(=O)=O. The molecule has 0 saturated carbocycles. The number of sulfonamides is 1. The van der Waals surface area contributed by atoms with E-state index in [1.54, 1.807) is 24.3 Å². The molecule has 0 aliphatic rings. The van der Waals surface area contributed by atoms with E-state index < -0.39 is 34.3 Å². The van der Waals surface area contributed by atoms with E-state index >= 15 is 0 Å². The van der Waals surface area contributed by atoms with Crippen LogP contribution in [0.5, 0.6) is 0 Å². The van der Waals surface area contributed by atoms with Crippen molar-refractivity contribution in [2.75, 3.05) is 17.1 Å². The highest BCUT2D eigenvalue weighted by Gasteiger charge is 2.33. The standard InChI is InChI=1S/C33H42FN3O4S/c1-7-24(2)35-32(39)30(21-25-11-9-8-10-12-25)36(22-26-13-17-28(34)18-14-26)31(38)23-37(42(6,40)41)29-19-15-27(16-20-29)33(3,4)5/h8-20,24,30H,7,21-23H2,1-6H3,(H,35,39)/t24-,30-/m1/s1. The van der Waals surface area contributed by atoms with Gasteiger partial charge in [0.1, 0.15) is 18.4 Å². The third-order valence-corrected chi connectivity index (χ3v) is 8.38. The molecule has 0 bridgehead atoms. The van der Waals surface area contributed by atoms with Crippen LogP contribution in [0, 0.1) is 5.82 Å². The number of carbonyl (C=O) groups excluding carboxylic acids is 2. The van der Waals surface area contributed by atoms with Gasteiger partial charge in [0.05, 0.1) is 11.9 Å². The maximum Gasteiger partial charge on any atom is 0.244 e. The monoisotopic (exact) mass is 595 g/mol. The van der Waals surface area contributed by atoms with Crippen LogP contribution in [-0.4, -0.2) is 50.0 Å². The molecular weight excluding hydrogens is 553 g/mol. The van der Waals surface area contributed by atoms with Crippen LogP contribution < -0.4 is 9.62 Å². The number of halogens is 1. The summed E-state index contributed by atoms with van der Waals surface area (Å²) in [5.41, 5.74) is 2.69. The molecule has 0 fully saturated rings. The zero-order valence-corrected chi connectivity index (χ0v) is 26.1. The molecule has 42 heavy (non-hydrogen) atoms. The lowest BCUT2D eigenvalue weighted by molar-refractivity contribution is -0.140. The molecular formula is C33H42FN3O4S. The van der Waals surface area contributed by atoms with Crippen LogP contribution in [0.1, 0.15) is 57.7 Å². The van der Waals surface area contributed by atoms with Crippen molar-refractivity contribution in [1.29, 1.82) is 0 Å². The summed E-state index contributed by atoms with van der Waals surface area (Å²) in [7, 11) is -3.87. The predicted molar refractivity (Wildman–Crippen MR) is 166 cm³/mol. The van der Waals surface area contributed by atoms with E-state index in [2.05, 4.69) is 26.1 Å². The van der Waals surface area contributed by atoms with Gasteiger partial charge in [0.15, 0.2) is 0 Å². The normalized spacial score (nSPS) is 13.2. The summed E-state index contributed by atoms with van der Waals surface area (Å²) in [6.45, 7) is 9.51. The van der Waals surface area contributed by atoms with Crippen molar-refractivity contribution in [1.82, 2.24) is 10.2 Å². The number of nitrogens with one attached hydrogen (secondary N) is 1. The molecule has 3 aromatic rings.